The predicted octanol–water partition coefficient (Wildman–Crippen LogP) is 3.48. The zero-order valence-electron chi connectivity index (χ0n) is 17.4. The van der Waals surface area contributed by atoms with E-state index in [-0.39, 0.29) is 29.4 Å². The summed E-state index contributed by atoms with van der Waals surface area (Å²) in [5, 5.41) is 12.4. The molecule has 1 fully saturated rings. The fourth-order valence-electron chi connectivity index (χ4n) is 3.27. The molecule has 31 heavy (non-hydrogen) atoms. The summed E-state index contributed by atoms with van der Waals surface area (Å²) in [6, 6.07) is 7.81. The van der Waals surface area contributed by atoms with Crippen molar-refractivity contribution in [3.63, 3.8) is 0 Å². The molecule has 2 N–H and O–H groups in total. The van der Waals surface area contributed by atoms with Gasteiger partial charge in [0.2, 0.25) is 0 Å². The van der Waals surface area contributed by atoms with Crippen molar-refractivity contribution in [2.75, 3.05) is 18.1 Å². The summed E-state index contributed by atoms with van der Waals surface area (Å²) in [4.78, 5) is 0. The van der Waals surface area contributed by atoms with Crippen LogP contribution < -0.4 is 14.2 Å². The van der Waals surface area contributed by atoms with E-state index in [1.54, 1.807) is 0 Å². The molecule has 2 aromatic heterocycles. The summed E-state index contributed by atoms with van der Waals surface area (Å²) in [5.74, 6) is 0.568. The number of halogens is 1. The molecule has 3 aromatic rings. The molecule has 4 rings (SSSR count). The summed E-state index contributed by atoms with van der Waals surface area (Å²) in [5.41, 5.74) is 2.53. The number of methoxy groups -OCH3 is 1. The van der Waals surface area contributed by atoms with Gasteiger partial charge in [-0.3, -0.25) is 9.40 Å². The molecule has 0 saturated heterocycles. The average molecular weight is 447 g/mol. The van der Waals surface area contributed by atoms with Crippen LogP contribution in [-0.4, -0.2) is 37.6 Å². The van der Waals surface area contributed by atoms with E-state index in [0.29, 0.717) is 11.7 Å². The highest BCUT2D eigenvalue weighted by atomic mass is 32.2. The second-order valence-electron chi connectivity index (χ2n) is 7.49. The Morgan fingerprint density at radius 3 is 2.74 bits per heavy atom. The van der Waals surface area contributed by atoms with Crippen LogP contribution in [0, 0.1) is 10.6 Å². The molecule has 0 bridgehead atoms. The van der Waals surface area contributed by atoms with Gasteiger partial charge in [-0.05, 0) is 43.2 Å². The van der Waals surface area contributed by atoms with Crippen LogP contribution in [0.5, 0.6) is 11.6 Å². The monoisotopic (exact) mass is 446 g/mol. The predicted molar refractivity (Wildman–Crippen MR) is 114 cm³/mol. The number of nitrogens with one attached hydrogen (secondary N) is 2. The lowest BCUT2D eigenvalue weighted by molar-refractivity contribution is 0.299. The standard InChI is InChI=1S/C20H23FN6O3S/c1-27-19(12-4-5-12)8-13(25-27)11-30-14-6-7-16(21)15(9-14)17-10-18(26-31(3,22)28)20(29-2)24-23-17/h6-10,12H,4-5,11H2,1-3H3,(H2,22,23,26,28). The highest BCUT2D eigenvalue weighted by molar-refractivity contribution is 7.93. The Hall–Kier alpha value is -3.21. The van der Waals surface area contributed by atoms with Gasteiger partial charge in [0.05, 0.1) is 12.8 Å². The smallest absolute Gasteiger partial charge is 0.257 e. The lowest BCUT2D eigenvalue weighted by atomic mass is 10.1. The lowest BCUT2D eigenvalue weighted by Gasteiger charge is -2.12. The van der Waals surface area contributed by atoms with Gasteiger partial charge in [0, 0.05) is 30.5 Å². The zero-order chi connectivity index (χ0) is 22.2. The molecular weight excluding hydrogens is 423 g/mol. The highest BCUT2D eigenvalue weighted by Gasteiger charge is 2.27. The van der Waals surface area contributed by atoms with Crippen molar-refractivity contribution < 1.29 is 18.1 Å². The third-order valence-corrected chi connectivity index (χ3v) is 5.43. The van der Waals surface area contributed by atoms with Crippen molar-refractivity contribution >= 4 is 15.6 Å². The van der Waals surface area contributed by atoms with Crippen molar-refractivity contribution in [3.05, 3.63) is 47.5 Å². The Balaban J connectivity index is 1.57. The van der Waals surface area contributed by atoms with E-state index in [4.69, 9.17) is 14.3 Å². The van der Waals surface area contributed by atoms with Crippen LogP contribution in [0.25, 0.3) is 11.3 Å². The van der Waals surface area contributed by atoms with E-state index < -0.39 is 15.7 Å². The van der Waals surface area contributed by atoms with E-state index in [2.05, 4.69) is 20.0 Å². The maximum absolute atomic E-state index is 14.5. The normalized spacial score (nSPS) is 15.4. The quantitative estimate of drug-likeness (QED) is 0.547. The summed E-state index contributed by atoms with van der Waals surface area (Å²) in [6.07, 6.45) is 3.59. The van der Waals surface area contributed by atoms with E-state index in [9.17, 15) is 8.60 Å². The molecule has 0 radical (unpaired) electrons. The second kappa shape index (κ2) is 8.14. The number of ether oxygens (including phenoxy) is 2. The largest absolute Gasteiger partial charge is 0.487 e. The van der Waals surface area contributed by atoms with Gasteiger partial charge in [-0.25, -0.2) is 13.4 Å². The molecule has 1 saturated carbocycles. The minimum atomic E-state index is -3.09. The molecule has 164 valence electrons. The topological polar surface area (TPSA) is 115 Å². The zero-order valence-corrected chi connectivity index (χ0v) is 18.2. The number of rotatable bonds is 8. The van der Waals surface area contributed by atoms with Crippen LogP contribution in [0.1, 0.15) is 30.1 Å². The van der Waals surface area contributed by atoms with Gasteiger partial charge < -0.3 is 9.47 Å². The fraction of sp³-hybridized carbons (Fsp3) is 0.350. The Bertz CT molecular complexity index is 1220. The maximum atomic E-state index is 14.5. The van der Waals surface area contributed by atoms with E-state index in [1.807, 2.05) is 17.8 Å². The number of benzene rings is 1. The van der Waals surface area contributed by atoms with Gasteiger partial charge in [0.25, 0.3) is 5.88 Å². The molecular formula is C20H23FN6O3S. The first kappa shape index (κ1) is 21.0. The number of hydrogen-bond acceptors (Lipinski definition) is 7. The molecule has 0 spiro atoms. The minimum Gasteiger partial charge on any atom is -0.487 e. The van der Waals surface area contributed by atoms with Crippen LogP contribution in [-0.2, 0) is 23.6 Å². The maximum Gasteiger partial charge on any atom is 0.257 e. The molecule has 1 atom stereocenters. The van der Waals surface area contributed by atoms with Crippen molar-refractivity contribution in [1.82, 2.24) is 20.0 Å². The first-order chi connectivity index (χ1) is 14.7. The van der Waals surface area contributed by atoms with Gasteiger partial charge in [-0.2, -0.15) is 5.10 Å². The number of aryl methyl sites for hydroxylation is 1. The Labute approximate surface area is 179 Å². The lowest BCUT2D eigenvalue weighted by Crippen LogP contribution is -2.10. The number of nitrogens with zero attached hydrogens (tertiary/aromatic N) is 4. The average Bonchev–Trinajstić information content (AvgIpc) is 3.48. The van der Waals surface area contributed by atoms with Gasteiger partial charge in [-0.1, -0.05) is 0 Å². The van der Waals surface area contributed by atoms with E-state index in [1.165, 1.54) is 56.2 Å². The molecule has 0 amide bonds. The van der Waals surface area contributed by atoms with Crippen LogP contribution in [0.15, 0.2) is 30.3 Å². The Morgan fingerprint density at radius 1 is 1.29 bits per heavy atom. The second-order valence-corrected chi connectivity index (χ2v) is 9.38. The van der Waals surface area contributed by atoms with Crippen molar-refractivity contribution in [2.45, 2.75) is 25.4 Å². The van der Waals surface area contributed by atoms with E-state index >= 15 is 0 Å². The van der Waals surface area contributed by atoms with Gasteiger partial charge in [0.1, 0.15) is 39.5 Å². The fourth-order valence-corrected chi connectivity index (χ4v) is 3.83. The molecule has 1 aliphatic rings. The van der Waals surface area contributed by atoms with Crippen LogP contribution in [0.2, 0.25) is 0 Å². The van der Waals surface area contributed by atoms with Crippen molar-refractivity contribution in [1.29, 1.82) is 4.78 Å². The molecule has 11 heteroatoms. The Morgan fingerprint density at radius 2 is 2.06 bits per heavy atom. The molecule has 1 aliphatic carbocycles. The van der Waals surface area contributed by atoms with Gasteiger partial charge in [-0.15, -0.1) is 10.2 Å². The first-order valence-corrected chi connectivity index (χ1v) is 11.6. The van der Waals surface area contributed by atoms with Crippen LogP contribution in [0.3, 0.4) is 0 Å². The number of aromatic nitrogens is 4. The summed E-state index contributed by atoms with van der Waals surface area (Å²) < 4.78 is 49.3. The molecule has 0 aliphatic heterocycles. The summed E-state index contributed by atoms with van der Waals surface area (Å²) in [6.45, 7) is 0.253. The van der Waals surface area contributed by atoms with Crippen LogP contribution in [0.4, 0.5) is 10.1 Å². The summed E-state index contributed by atoms with van der Waals surface area (Å²) in [7, 11) is 0.201. The first-order valence-electron chi connectivity index (χ1n) is 9.62. The highest BCUT2D eigenvalue weighted by Crippen LogP contribution is 2.40. The van der Waals surface area contributed by atoms with Gasteiger partial charge in [0.15, 0.2) is 0 Å². The third-order valence-electron chi connectivity index (χ3n) is 4.82. The molecule has 1 aromatic carbocycles. The number of hydrogen-bond donors (Lipinski definition) is 2. The Kier molecular flexibility index (Phi) is 5.52. The molecule has 1 unspecified atom stereocenters. The van der Waals surface area contributed by atoms with Gasteiger partial charge >= 0.3 is 0 Å². The third kappa shape index (κ3) is 4.93. The van der Waals surface area contributed by atoms with Crippen molar-refractivity contribution in [2.24, 2.45) is 7.05 Å². The number of anilines is 1. The minimum absolute atomic E-state index is 0.0556. The van der Waals surface area contributed by atoms with E-state index in [0.717, 1.165) is 5.69 Å². The summed E-state index contributed by atoms with van der Waals surface area (Å²) >= 11 is 0. The SMILES string of the molecule is COc1nnc(-c2cc(OCc3cc(C4CC4)n(C)n3)ccc2F)cc1NS(C)(=N)=O. The molecule has 9 nitrogen and oxygen atoms in total. The van der Waals surface area contributed by atoms with Crippen LogP contribution >= 0.6 is 0 Å². The molecule has 2 heterocycles. The van der Waals surface area contributed by atoms with Crippen molar-refractivity contribution in [3.8, 4) is 22.9 Å².